The number of hydrogen-bond acceptors (Lipinski definition) is 8. The molecule has 0 radical (unpaired) electrons. The van der Waals surface area contributed by atoms with Crippen LogP contribution in [0.4, 0.5) is 4.79 Å². The SMILES string of the molecule is CC(C)C1COC(=O)N1C(=O)C(Cc1ccccc1)C1OC(=CCCOCC(CO)OCc2ccccc2)C=CC1=O. The molecule has 0 aliphatic carbocycles. The normalized spacial score (nSPS) is 21.0. The van der Waals surface area contributed by atoms with Gasteiger partial charge in [-0.15, -0.1) is 0 Å². The number of imide groups is 1. The Hall–Kier alpha value is -3.79. The van der Waals surface area contributed by atoms with Gasteiger partial charge in [-0.05, 0) is 48.1 Å². The van der Waals surface area contributed by atoms with Crippen molar-refractivity contribution in [2.45, 2.75) is 51.5 Å². The van der Waals surface area contributed by atoms with Gasteiger partial charge in [0.2, 0.25) is 5.91 Å². The van der Waals surface area contributed by atoms with E-state index in [1.54, 1.807) is 12.2 Å². The number of benzene rings is 2. The lowest BCUT2D eigenvalue weighted by atomic mass is 9.88. The number of aliphatic hydroxyl groups is 1. The molecule has 9 heteroatoms. The van der Waals surface area contributed by atoms with Gasteiger partial charge in [0.05, 0.1) is 38.4 Å². The highest BCUT2D eigenvalue weighted by atomic mass is 16.6. The van der Waals surface area contributed by atoms with E-state index in [0.717, 1.165) is 16.0 Å². The van der Waals surface area contributed by atoms with Crippen LogP contribution in [-0.4, -0.2) is 72.5 Å². The fourth-order valence-corrected chi connectivity index (χ4v) is 4.89. The third kappa shape index (κ3) is 8.38. The van der Waals surface area contributed by atoms with E-state index in [1.165, 1.54) is 6.08 Å². The van der Waals surface area contributed by atoms with Gasteiger partial charge >= 0.3 is 6.09 Å². The Bertz CT molecular complexity index is 1240. The van der Waals surface area contributed by atoms with Gasteiger partial charge in [-0.2, -0.15) is 0 Å². The van der Waals surface area contributed by atoms with Crippen molar-refractivity contribution < 1.29 is 38.4 Å². The van der Waals surface area contributed by atoms with E-state index in [2.05, 4.69) is 0 Å². The summed E-state index contributed by atoms with van der Waals surface area (Å²) < 4.78 is 22.7. The molecule has 9 nitrogen and oxygen atoms in total. The van der Waals surface area contributed by atoms with Crippen molar-refractivity contribution >= 4 is 17.8 Å². The molecule has 2 aliphatic heterocycles. The van der Waals surface area contributed by atoms with Crippen molar-refractivity contribution in [3.8, 4) is 0 Å². The van der Waals surface area contributed by atoms with Crippen molar-refractivity contribution in [1.82, 2.24) is 4.90 Å². The number of aliphatic hydroxyl groups excluding tert-OH is 1. The Morgan fingerprint density at radius 3 is 2.40 bits per heavy atom. The minimum atomic E-state index is -1.10. The molecule has 224 valence electrons. The second-order valence-corrected chi connectivity index (χ2v) is 10.7. The second-order valence-electron chi connectivity index (χ2n) is 10.7. The maximum atomic E-state index is 13.9. The molecule has 0 bridgehead atoms. The fourth-order valence-electron chi connectivity index (χ4n) is 4.89. The number of carbonyl (C=O) groups excluding carboxylic acids is 3. The largest absolute Gasteiger partial charge is 0.482 e. The molecule has 1 N–H and O–H groups in total. The van der Waals surface area contributed by atoms with E-state index in [9.17, 15) is 19.5 Å². The zero-order valence-corrected chi connectivity index (χ0v) is 24.1. The summed E-state index contributed by atoms with van der Waals surface area (Å²) in [6.07, 6.45) is 3.22. The maximum absolute atomic E-state index is 13.9. The fraction of sp³-hybridized carbons (Fsp3) is 0.424. The molecule has 4 atom stereocenters. The Morgan fingerprint density at radius 1 is 1.05 bits per heavy atom. The third-order valence-corrected chi connectivity index (χ3v) is 7.29. The molecule has 42 heavy (non-hydrogen) atoms. The number of rotatable bonds is 14. The van der Waals surface area contributed by atoms with Crippen LogP contribution >= 0.6 is 0 Å². The molecule has 0 aromatic heterocycles. The van der Waals surface area contributed by atoms with Crippen LogP contribution in [0.25, 0.3) is 0 Å². The topological polar surface area (TPSA) is 112 Å². The van der Waals surface area contributed by atoms with Gasteiger partial charge in [0.25, 0.3) is 0 Å². The summed E-state index contributed by atoms with van der Waals surface area (Å²) in [5, 5.41) is 9.62. The number of carbonyl (C=O) groups is 3. The minimum Gasteiger partial charge on any atom is -0.482 e. The molecule has 4 unspecified atom stereocenters. The van der Waals surface area contributed by atoms with E-state index in [0.29, 0.717) is 25.4 Å². The monoisotopic (exact) mass is 577 g/mol. The second kappa shape index (κ2) is 15.4. The molecule has 2 aromatic carbocycles. The Balaban J connectivity index is 1.38. The van der Waals surface area contributed by atoms with Gasteiger partial charge in [-0.3, -0.25) is 9.59 Å². The molecule has 4 rings (SSSR count). The van der Waals surface area contributed by atoms with Crippen LogP contribution in [0, 0.1) is 11.8 Å². The zero-order valence-electron chi connectivity index (χ0n) is 24.1. The van der Waals surface area contributed by atoms with E-state index in [4.69, 9.17) is 18.9 Å². The smallest absolute Gasteiger partial charge is 0.416 e. The van der Waals surface area contributed by atoms with Gasteiger partial charge in [-0.1, -0.05) is 74.5 Å². The van der Waals surface area contributed by atoms with Crippen molar-refractivity contribution in [3.63, 3.8) is 0 Å². The first-order valence-electron chi connectivity index (χ1n) is 14.3. The Morgan fingerprint density at radius 2 is 1.74 bits per heavy atom. The molecular weight excluding hydrogens is 538 g/mol. The molecule has 1 saturated heterocycles. The predicted molar refractivity (Wildman–Crippen MR) is 155 cm³/mol. The average Bonchev–Trinajstić information content (AvgIpc) is 3.40. The number of ether oxygens (including phenoxy) is 4. The number of cyclic esters (lactones) is 1. The summed E-state index contributed by atoms with van der Waals surface area (Å²) in [6.45, 7) is 4.75. The van der Waals surface area contributed by atoms with Crippen LogP contribution in [0.5, 0.6) is 0 Å². The number of hydrogen-bond donors (Lipinski definition) is 1. The number of ketones is 1. The minimum absolute atomic E-state index is 0.00901. The van der Waals surface area contributed by atoms with Gasteiger partial charge in [0, 0.05) is 0 Å². The molecule has 1 fully saturated rings. The van der Waals surface area contributed by atoms with Gasteiger partial charge in [0.1, 0.15) is 18.5 Å². The summed E-state index contributed by atoms with van der Waals surface area (Å²) in [5.74, 6) is -1.32. The van der Waals surface area contributed by atoms with Crippen molar-refractivity contribution in [2.24, 2.45) is 11.8 Å². The zero-order chi connectivity index (χ0) is 29.9. The Labute approximate surface area is 246 Å². The highest BCUT2D eigenvalue weighted by Gasteiger charge is 2.46. The summed E-state index contributed by atoms with van der Waals surface area (Å²) in [4.78, 5) is 40.7. The standard InChI is InChI=1S/C33H39NO8/c1-23(2)29-22-41-33(38)34(29)32(37)28(18-24-10-5-3-6-11-24)31-30(36)16-15-26(42-31)14-9-17-39-21-27(19-35)40-20-25-12-7-4-8-13-25/h3-8,10-16,23,27-29,31,35H,9,17-22H2,1-2H3. The maximum Gasteiger partial charge on any atom is 0.416 e. The summed E-state index contributed by atoms with van der Waals surface area (Å²) >= 11 is 0. The van der Waals surface area contributed by atoms with E-state index >= 15 is 0 Å². The quantitative estimate of drug-likeness (QED) is 0.332. The summed E-state index contributed by atoms with van der Waals surface area (Å²) in [5.41, 5.74) is 1.86. The van der Waals surface area contributed by atoms with Crippen LogP contribution in [0.15, 0.2) is 84.7 Å². The molecule has 2 aromatic rings. The lowest BCUT2D eigenvalue weighted by molar-refractivity contribution is -0.144. The first-order chi connectivity index (χ1) is 20.4. The lowest BCUT2D eigenvalue weighted by Gasteiger charge is -2.32. The molecular formula is C33H39NO8. The molecule has 0 spiro atoms. The van der Waals surface area contributed by atoms with Crippen molar-refractivity contribution in [2.75, 3.05) is 26.4 Å². The van der Waals surface area contributed by atoms with E-state index in [-0.39, 0.29) is 37.9 Å². The predicted octanol–water partition coefficient (Wildman–Crippen LogP) is 4.24. The molecule has 2 amide bonds. The van der Waals surface area contributed by atoms with Crippen LogP contribution in [0.1, 0.15) is 31.4 Å². The number of allylic oxidation sites excluding steroid dienone is 1. The number of amides is 2. The molecule has 2 heterocycles. The van der Waals surface area contributed by atoms with Crippen molar-refractivity contribution in [3.05, 3.63) is 95.8 Å². The third-order valence-electron chi connectivity index (χ3n) is 7.29. The highest BCUT2D eigenvalue weighted by Crippen LogP contribution is 2.29. The van der Waals surface area contributed by atoms with Crippen molar-refractivity contribution in [1.29, 1.82) is 0 Å². The van der Waals surface area contributed by atoms with Gasteiger partial charge in [0.15, 0.2) is 11.9 Å². The van der Waals surface area contributed by atoms with Crippen LogP contribution in [-0.2, 0) is 41.6 Å². The summed E-state index contributed by atoms with van der Waals surface area (Å²) in [7, 11) is 0. The lowest BCUT2D eigenvalue weighted by Crippen LogP contribution is -2.50. The van der Waals surface area contributed by atoms with Gasteiger partial charge < -0.3 is 24.1 Å². The first kappa shape index (κ1) is 31.2. The van der Waals surface area contributed by atoms with E-state index < -0.39 is 36.2 Å². The highest BCUT2D eigenvalue weighted by molar-refractivity contribution is 6.02. The first-order valence-corrected chi connectivity index (χ1v) is 14.3. The van der Waals surface area contributed by atoms with Crippen LogP contribution in [0.2, 0.25) is 0 Å². The average molecular weight is 578 g/mol. The van der Waals surface area contributed by atoms with E-state index in [1.807, 2.05) is 74.5 Å². The van der Waals surface area contributed by atoms with Crippen LogP contribution in [0.3, 0.4) is 0 Å². The molecule has 0 saturated carbocycles. The number of nitrogens with zero attached hydrogens (tertiary/aromatic N) is 1. The Kier molecular flexibility index (Phi) is 11.5. The summed E-state index contributed by atoms with van der Waals surface area (Å²) in [6, 6.07) is 18.6. The van der Waals surface area contributed by atoms with Gasteiger partial charge in [-0.25, -0.2) is 9.69 Å². The molecule has 2 aliphatic rings. The van der Waals surface area contributed by atoms with Crippen LogP contribution < -0.4 is 0 Å².